The Morgan fingerprint density at radius 1 is 1.16 bits per heavy atom. The number of anilines is 2. The van der Waals surface area contributed by atoms with Crippen LogP contribution in [0.4, 0.5) is 25.1 Å². The lowest BCUT2D eigenvalue weighted by molar-refractivity contribution is -0.163. The smallest absolute Gasteiger partial charge is 0.328 e. The second kappa shape index (κ2) is 11.2. The molecule has 208 valence electrons. The number of nitrogens with one attached hydrogen (secondary N) is 1. The normalized spacial score (nSPS) is 23.2. The molecule has 3 fully saturated rings. The number of esters is 1. The first-order chi connectivity index (χ1) is 18.0. The molecule has 0 radical (unpaired) electrons. The van der Waals surface area contributed by atoms with Crippen LogP contribution in [0.3, 0.4) is 0 Å². The van der Waals surface area contributed by atoms with Gasteiger partial charge in [-0.3, -0.25) is 24.6 Å². The Balaban J connectivity index is 1.33. The molecule has 0 saturated carbocycles. The molecule has 1 unspecified atom stereocenters. The van der Waals surface area contributed by atoms with E-state index in [-0.39, 0.29) is 50.9 Å². The van der Waals surface area contributed by atoms with Gasteiger partial charge in [0.1, 0.15) is 11.7 Å². The number of rotatable bonds is 7. The minimum absolute atomic E-state index is 0.0290. The standard InChI is InChI=1S/C26H35F2N5O5/c1-3-4-15-38-23(36)25(2)9-13-31(14-10-25)22(35)19-7-11-32(17-26(19,27)28)20-6-5-18(16-29-20)33-12-8-21(34)30-24(33)37/h5-6,16,19H,3-4,7-15,17H2,1-2H3,(H,30,34,37). The number of carbonyl (C=O) groups is 4. The molecule has 4 amide bonds. The molecule has 38 heavy (non-hydrogen) atoms. The molecule has 0 aliphatic carbocycles. The van der Waals surface area contributed by atoms with Gasteiger partial charge in [0, 0.05) is 32.6 Å². The Labute approximate surface area is 220 Å². The van der Waals surface area contributed by atoms with E-state index in [4.69, 9.17) is 4.74 Å². The van der Waals surface area contributed by atoms with E-state index in [1.54, 1.807) is 12.1 Å². The van der Waals surface area contributed by atoms with Crippen molar-refractivity contribution in [3.63, 3.8) is 0 Å². The van der Waals surface area contributed by atoms with Crippen molar-refractivity contribution >= 4 is 35.3 Å². The first kappa shape index (κ1) is 27.7. The second-order valence-corrected chi connectivity index (χ2v) is 10.5. The van der Waals surface area contributed by atoms with Gasteiger partial charge in [0.15, 0.2) is 0 Å². The van der Waals surface area contributed by atoms with Crippen molar-refractivity contribution in [2.45, 2.75) is 58.3 Å². The van der Waals surface area contributed by atoms with Crippen molar-refractivity contribution in [3.8, 4) is 0 Å². The molecular weight excluding hydrogens is 500 g/mol. The SMILES string of the molecule is CCCCOC(=O)C1(C)CCN(C(=O)C2CCN(c3ccc(N4CCC(=O)NC4=O)cn3)CC2(F)F)CC1. The number of ether oxygens (including phenoxy) is 1. The van der Waals surface area contributed by atoms with Gasteiger partial charge in [0.25, 0.3) is 5.92 Å². The summed E-state index contributed by atoms with van der Waals surface area (Å²) in [6.45, 7) is 4.47. The van der Waals surface area contributed by atoms with Crippen LogP contribution in [0.2, 0.25) is 0 Å². The number of halogens is 2. The van der Waals surface area contributed by atoms with Gasteiger partial charge >= 0.3 is 12.0 Å². The van der Waals surface area contributed by atoms with Crippen LogP contribution in [0, 0.1) is 11.3 Å². The van der Waals surface area contributed by atoms with Crippen LogP contribution in [0.25, 0.3) is 0 Å². The number of imide groups is 1. The van der Waals surface area contributed by atoms with Crippen molar-refractivity contribution in [2.24, 2.45) is 11.3 Å². The molecule has 1 atom stereocenters. The Bertz CT molecular complexity index is 1060. The molecule has 0 bridgehead atoms. The van der Waals surface area contributed by atoms with Gasteiger partial charge < -0.3 is 14.5 Å². The lowest BCUT2D eigenvalue weighted by Crippen LogP contribution is -2.56. The van der Waals surface area contributed by atoms with Crippen LogP contribution >= 0.6 is 0 Å². The summed E-state index contributed by atoms with van der Waals surface area (Å²) in [5.74, 6) is -5.59. The highest BCUT2D eigenvalue weighted by Gasteiger charge is 2.51. The van der Waals surface area contributed by atoms with Crippen LogP contribution in [-0.2, 0) is 19.1 Å². The largest absolute Gasteiger partial charge is 0.465 e. The number of hydrogen-bond acceptors (Lipinski definition) is 7. The van der Waals surface area contributed by atoms with E-state index >= 15 is 8.78 Å². The molecule has 1 aromatic rings. The lowest BCUT2D eigenvalue weighted by atomic mass is 9.79. The van der Waals surface area contributed by atoms with Crippen molar-refractivity contribution in [1.82, 2.24) is 15.2 Å². The summed E-state index contributed by atoms with van der Waals surface area (Å²) >= 11 is 0. The average molecular weight is 536 g/mol. The Morgan fingerprint density at radius 3 is 2.50 bits per heavy atom. The number of nitrogens with zero attached hydrogens (tertiary/aromatic N) is 4. The number of likely N-dealkylation sites (tertiary alicyclic amines) is 1. The van der Waals surface area contributed by atoms with Crippen LogP contribution in [0.5, 0.6) is 0 Å². The van der Waals surface area contributed by atoms with Crippen molar-refractivity contribution in [3.05, 3.63) is 18.3 Å². The lowest BCUT2D eigenvalue weighted by Gasteiger charge is -2.43. The molecule has 3 saturated heterocycles. The Morgan fingerprint density at radius 2 is 1.89 bits per heavy atom. The molecular formula is C26H35F2N5O5. The third-order valence-electron chi connectivity index (χ3n) is 7.72. The Kier molecular flexibility index (Phi) is 8.17. The minimum Gasteiger partial charge on any atom is -0.465 e. The highest BCUT2D eigenvalue weighted by atomic mass is 19.3. The summed E-state index contributed by atoms with van der Waals surface area (Å²) < 4.78 is 35.8. The molecule has 0 aromatic carbocycles. The second-order valence-electron chi connectivity index (χ2n) is 10.5. The monoisotopic (exact) mass is 535 g/mol. The fourth-order valence-electron chi connectivity index (χ4n) is 5.10. The van der Waals surface area contributed by atoms with E-state index in [1.807, 2.05) is 13.8 Å². The molecule has 3 aliphatic heterocycles. The third-order valence-corrected chi connectivity index (χ3v) is 7.72. The number of piperidine rings is 2. The maximum atomic E-state index is 15.2. The fraction of sp³-hybridized carbons (Fsp3) is 0.654. The third kappa shape index (κ3) is 5.88. The predicted molar refractivity (Wildman–Crippen MR) is 135 cm³/mol. The quantitative estimate of drug-likeness (QED) is 0.422. The molecule has 3 aliphatic rings. The van der Waals surface area contributed by atoms with E-state index in [0.717, 1.165) is 12.8 Å². The predicted octanol–water partition coefficient (Wildman–Crippen LogP) is 2.96. The maximum Gasteiger partial charge on any atom is 0.328 e. The van der Waals surface area contributed by atoms with Gasteiger partial charge in [-0.2, -0.15) is 0 Å². The van der Waals surface area contributed by atoms with E-state index in [2.05, 4.69) is 10.3 Å². The highest BCUT2D eigenvalue weighted by molar-refractivity contribution is 6.05. The number of urea groups is 1. The topological polar surface area (TPSA) is 112 Å². The zero-order chi connectivity index (χ0) is 27.5. The van der Waals surface area contributed by atoms with Gasteiger partial charge in [-0.1, -0.05) is 13.3 Å². The first-order valence-electron chi connectivity index (χ1n) is 13.2. The Hall–Kier alpha value is -3.31. The van der Waals surface area contributed by atoms with Gasteiger partial charge in [0.2, 0.25) is 11.8 Å². The molecule has 4 rings (SSSR count). The highest BCUT2D eigenvalue weighted by Crippen LogP contribution is 2.38. The van der Waals surface area contributed by atoms with Crippen LogP contribution in [-0.4, -0.2) is 79.0 Å². The number of amides is 4. The summed E-state index contributed by atoms with van der Waals surface area (Å²) in [6.07, 6.45) is 4.03. The van der Waals surface area contributed by atoms with Crippen molar-refractivity contribution in [2.75, 3.05) is 49.1 Å². The number of pyridine rings is 1. The molecule has 10 nitrogen and oxygen atoms in total. The summed E-state index contributed by atoms with van der Waals surface area (Å²) in [4.78, 5) is 57.5. The minimum atomic E-state index is -3.26. The van der Waals surface area contributed by atoms with E-state index in [9.17, 15) is 19.2 Å². The summed E-state index contributed by atoms with van der Waals surface area (Å²) in [5, 5.41) is 2.23. The van der Waals surface area contributed by atoms with Gasteiger partial charge in [-0.15, -0.1) is 0 Å². The van der Waals surface area contributed by atoms with Crippen LogP contribution in [0.15, 0.2) is 18.3 Å². The number of carbonyl (C=O) groups excluding carboxylic acids is 4. The summed E-state index contributed by atoms with van der Waals surface area (Å²) in [7, 11) is 0. The van der Waals surface area contributed by atoms with Gasteiger partial charge in [-0.25, -0.2) is 18.6 Å². The summed E-state index contributed by atoms with van der Waals surface area (Å²) in [6, 6.07) is 2.61. The van der Waals surface area contributed by atoms with Crippen LogP contribution in [0.1, 0.15) is 52.4 Å². The van der Waals surface area contributed by atoms with Gasteiger partial charge in [0.05, 0.1) is 30.5 Å². The molecule has 1 N–H and O–H groups in total. The van der Waals surface area contributed by atoms with E-state index in [1.165, 1.54) is 20.9 Å². The number of unbranched alkanes of at least 4 members (excludes halogenated alkanes) is 1. The fourth-order valence-corrected chi connectivity index (χ4v) is 5.10. The van der Waals surface area contributed by atoms with E-state index in [0.29, 0.717) is 31.0 Å². The van der Waals surface area contributed by atoms with E-state index < -0.39 is 35.7 Å². The molecule has 1 aromatic heterocycles. The number of hydrogen-bond donors (Lipinski definition) is 1. The number of alkyl halides is 2. The zero-order valence-electron chi connectivity index (χ0n) is 21.9. The van der Waals surface area contributed by atoms with Gasteiger partial charge in [-0.05, 0) is 44.7 Å². The molecule has 12 heteroatoms. The number of aromatic nitrogens is 1. The molecule has 4 heterocycles. The molecule has 0 spiro atoms. The van der Waals surface area contributed by atoms with Crippen LogP contribution < -0.4 is 15.1 Å². The zero-order valence-corrected chi connectivity index (χ0v) is 21.9. The average Bonchev–Trinajstić information content (AvgIpc) is 2.88. The van der Waals surface area contributed by atoms with Crippen molar-refractivity contribution < 1.29 is 32.7 Å². The van der Waals surface area contributed by atoms with Crippen molar-refractivity contribution in [1.29, 1.82) is 0 Å². The maximum absolute atomic E-state index is 15.2. The summed E-state index contributed by atoms with van der Waals surface area (Å²) in [5.41, 5.74) is -0.250. The first-order valence-corrected chi connectivity index (χ1v) is 13.2.